The topological polar surface area (TPSA) is 247 Å². The molecule has 7 atom stereocenters. The molecule has 1 saturated carbocycles. The minimum absolute atomic E-state index is 0. The Morgan fingerprint density at radius 2 is 1.53 bits per heavy atom. The van der Waals surface area contributed by atoms with E-state index in [2.05, 4.69) is 16.0 Å². The van der Waals surface area contributed by atoms with Gasteiger partial charge in [0, 0.05) is 30.9 Å². The number of unbranched alkanes of at least 4 members (excludes halogenated alkanes) is 2. The number of carboxylic acid groups (broad SMARTS) is 2. The second-order valence-corrected chi connectivity index (χ2v) is 12.3. The summed E-state index contributed by atoms with van der Waals surface area (Å²) in [6, 6.07) is 13.0. The predicted molar refractivity (Wildman–Crippen MR) is 167 cm³/mol. The molecule has 1 heterocycles. The molecule has 3 amide bonds. The molecule has 2 aromatic rings. The number of carboxylic acids is 2. The Hall–Kier alpha value is -2.41. The van der Waals surface area contributed by atoms with Crippen molar-refractivity contribution in [1.82, 2.24) is 16.0 Å². The summed E-state index contributed by atoms with van der Waals surface area (Å²) in [5, 5.41) is 64.5. The minimum Gasteiger partial charge on any atom is -0.550 e. The van der Waals surface area contributed by atoms with Gasteiger partial charge in [-0.1, -0.05) is 48.9 Å². The van der Waals surface area contributed by atoms with Gasteiger partial charge in [0.25, 0.3) is 5.91 Å². The summed E-state index contributed by atoms with van der Waals surface area (Å²) in [6.07, 6.45) is -6.38. The predicted octanol–water partition coefficient (Wildman–Crippen LogP) is -8.25. The molecule has 1 aliphatic carbocycles. The van der Waals surface area contributed by atoms with E-state index in [1.165, 1.54) is 0 Å². The first-order valence-corrected chi connectivity index (χ1v) is 16.1. The summed E-state index contributed by atoms with van der Waals surface area (Å²) in [5.41, 5.74) is 2.06. The van der Waals surface area contributed by atoms with Gasteiger partial charge < -0.3 is 60.5 Å². The number of aliphatic hydroxyl groups is 3. The monoisotopic (exact) mass is 729 g/mol. The fraction of sp³-hybridized carbons (Fsp3) is 0.500. The molecule has 0 bridgehead atoms. The molecule has 0 radical (unpaired) electrons. The van der Waals surface area contributed by atoms with Gasteiger partial charge in [0.1, 0.15) is 24.3 Å². The van der Waals surface area contributed by atoms with Gasteiger partial charge in [0.15, 0.2) is 0 Å². The summed E-state index contributed by atoms with van der Waals surface area (Å²) in [4.78, 5) is 61.3. The first kappa shape index (κ1) is 44.7. The number of ether oxygens (including phenoxy) is 2. The molecule has 51 heavy (non-hydrogen) atoms. The van der Waals surface area contributed by atoms with Crippen LogP contribution >= 0.6 is 0 Å². The molecule has 2 fully saturated rings. The maximum absolute atomic E-state index is 12.9. The van der Waals surface area contributed by atoms with Crippen molar-refractivity contribution < 1.29 is 118 Å². The number of benzene rings is 2. The standard InChI is InChI=1S/C34H43N3O12.2Na/c1-19(38)36-26-27(37-32(45)23-15-16-23)30(43)34(33(46)47,48-17-7-3-6-10-25(40)41)49-29(26)28(42)24(39)18-35-31(44)22-13-11-21(12-14-22)20-8-4-2-5-9-20;;/h2,4-5,8-9,11-14,23-24,26-30,39,42-43H,3,6-7,10,15-18H2,1H3,(H,35,44)(H,36,38)(H,37,45)(H,40,41)(H,46,47);;/q;2*+1/p-2/t24-,26-,27-,28-,29-,30+,34-;;/m1../s1. The number of nitrogens with one attached hydrogen (secondary N) is 3. The Labute approximate surface area is 339 Å². The van der Waals surface area contributed by atoms with E-state index in [4.69, 9.17) is 9.47 Å². The summed E-state index contributed by atoms with van der Waals surface area (Å²) in [6.45, 7) is 0.183. The van der Waals surface area contributed by atoms with E-state index in [0.717, 1.165) is 18.1 Å². The normalized spacial score (nSPS) is 23.7. The van der Waals surface area contributed by atoms with Crippen LogP contribution in [0.3, 0.4) is 0 Å². The van der Waals surface area contributed by atoms with Crippen molar-refractivity contribution in [3.63, 3.8) is 0 Å². The average molecular weight is 730 g/mol. The van der Waals surface area contributed by atoms with E-state index in [-0.39, 0.29) is 97.0 Å². The molecule has 1 saturated heterocycles. The fourth-order valence-electron chi connectivity index (χ4n) is 5.67. The third kappa shape index (κ3) is 12.1. The first-order chi connectivity index (χ1) is 23.3. The van der Waals surface area contributed by atoms with Crippen LogP contribution in [-0.2, 0) is 28.7 Å². The summed E-state index contributed by atoms with van der Waals surface area (Å²) in [5.74, 6) is -8.58. The number of amides is 3. The smallest absolute Gasteiger partial charge is 0.550 e. The molecule has 17 heteroatoms. The van der Waals surface area contributed by atoms with Gasteiger partial charge in [-0.25, -0.2) is 0 Å². The quantitative estimate of drug-likeness (QED) is 0.0657. The van der Waals surface area contributed by atoms with Gasteiger partial charge in [0.05, 0.1) is 24.8 Å². The SMILES string of the molecule is CC(=O)N[C@@H]1[C@@H](NC(=O)C2CC2)[C@H](O)[C@](OCCCCCC(=O)[O-])(C(=O)[O-])O[C@H]1[C@H](O)[C@H](O)CNC(=O)c1ccc(-c2ccccc2)cc1.[Na+].[Na+]. The molecule has 1 aliphatic heterocycles. The molecule has 6 N–H and O–H groups in total. The molecule has 0 aromatic heterocycles. The molecule has 0 spiro atoms. The van der Waals surface area contributed by atoms with E-state index >= 15 is 0 Å². The van der Waals surface area contributed by atoms with E-state index in [1.54, 1.807) is 24.3 Å². The summed E-state index contributed by atoms with van der Waals surface area (Å²) >= 11 is 0. The van der Waals surface area contributed by atoms with Crippen LogP contribution in [0, 0.1) is 5.92 Å². The molecule has 4 rings (SSSR count). The largest absolute Gasteiger partial charge is 1.00 e. The fourth-order valence-corrected chi connectivity index (χ4v) is 5.67. The van der Waals surface area contributed by atoms with Crippen LogP contribution in [-0.4, -0.2) is 100 Å². The number of hydrogen-bond acceptors (Lipinski definition) is 12. The van der Waals surface area contributed by atoms with Gasteiger partial charge in [-0.15, -0.1) is 0 Å². The van der Waals surface area contributed by atoms with Crippen LogP contribution in [0.25, 0.3) is 11.1 Å². The Morgan fingerprint density at radius 3 is 2.10 bits per heavy atom. The van der Waals surface area contributed by atoms with Crippen molar-refractivity contribution in [2.75, 3.05) is 13.2 Å². The maximum atomic E-state index is 12.9. The summed E-state index contributed by atoms with van der Waals surface area (Å²) in [7, 11) is 0. The zero-order valence-electron chi connectivity index (χ0n) is 28.9. The Morgan fingerprint density at radius 1 is 0.902 bits per heavy atom. The van der Waals surface area contributed by atoms with Crippen LogP contribution in [0.2, 0.25) is 0 Å². The molecular formula is C34H41N3Na2O12. The zero-order chi connectivity index (χ0) is 35.7. The number of hydrogen-bond donors (Lipinski definition) is 6. The van der Waals surface area contributed by atoms with E-state index in [1.807, 2.05) is 30.3 Å². The van der Waals surface area contributed by atoms with Crippen molar-refractivity contribution in [2.24, 2.45) is 5.92 Å². The molecule has 2 aliphatic rings. The van der Waals surface area contributed by atoms with E-state index in [9.17, 15) is 49.5 Å². The van der Waals surface area contributed by atoms with Gasteiger partial charge >= 0.3 is 59.1 Å². The maximum Gasteiger partial charge on any atom is 1.00 e. The van der Waals surface area contributed by atoms with Gasteiger partial charge in [-0.05, 0) is 55.4 Å². The van der Waals surface area contributed by atoms with Crippen molar-refractivity contribution >= 4 is 29.7 Å². The molecule has 2 aromatic carbocycles. The summed E-state index contributed by atoms with van der Waals surface area (Å²) < 4.78 is 11.2. The second-order valence-electron chi connectivity index (χ2n) is 12.3. The van der Waals surface area contributed by atoms with Crippen LogP contribution in [0.1, 0.15) is 55.8 Å². The number of aliphatic carboxylic acids is 2. The van der Waals surface area contributed by atoms with Crippen molar-refractivity contribution in [3.05, 3.63) is 60.2 Å². The van der Waals surface area contributed by atoms with Crippen molar-refractivity contribution in [3.8, 4) is 11.1 Å². The Bertz CT molecular complexity index is 1480. The van der Waals surface area contributed by atoms with E-state index < -0.39 is 84.4 Å². The van der Waals surface area contributed by atoms with Gasteiger partial charge in [-0.2, -0.15) is 0 Å². The van der Waals surface area contributed by atoms with E-state index in [0.29, 0.717) is 12.8 Å². The van der Waals surface area contributed by atoms with Crippen molar-refractivity contribution in [1.29, 1.82) is 0 Å². The molecule has 266 valence electrons. The molecular weight excluding hydrogens is 688 g/mol. The average Bonchev–Trinajstić information content (AvgIpc) is 3.93. The Kier molecular flexibility index (Phi) is 18.2. The number of carbonyl (C=O) groups is 5. The number of aliphatic hydroxyl groups excluding tert-OH is 3. The van der Waals surface area contributed by atoms with Crippen LogP contribution in [0.15, 0.2) is 54.6 Å². The van der Waals surface area contributed by atoms with Crippen LogP contribution in [0.5, 0.6) is 0 Å². The molecule has 0 unspecified atom stereocenters. The minimum atomic E-state index is -3.00. The third-order valence-electron chi connectivity index (χ3n) is 8.49. The Balaban J connectivity index is 0.00000451. The van der Waals surface area contributed by atoms with Crippen LogP contribution < -0.4 is 85.3 Å². The number of rotatable bonds is 17. The first-order valence-electron chi connectivity index (χ1n) is 16.1. The third-order valence-corrected chi connectivity index (χ3v) is 8.49. The zero-order valence-corrected chi connectivity index (χ0v) is 32.9. The number of carbonyl (C=O) groups excluding carboxylic acids is 5. The second kappa shape index (κ2) is 20.7. The molecule has 15 nitrogen and oxygen atoms in total. The van der Waals surface area contributed by atoms with Crippen molar-refractivity contribution in [2.45, 2.75) is 87.7 Å². The van der Waals surface area contributed by atoms with Gasteiger partial charge in [-0.3, -0.25) is 14.4 Å². The van der Waals surface area contributed by atoms with Gasteiger partial charge in [0.2, 0.25) is 17.6 Å². The van der Waals surface area contributed by atoms with Crippen LogP contribution in [0.4, 0.5) is 0 Å².